The third-order valence-corrected chi connectivity index (χ3v) is 3.74. The molecule has 3 heterocycles. The van der Waals surface area contributed by atoms with Gasteiger partial charge in [-0.2, -0.15) is 0 Å². The van der Waals surface area contributed by atoms with Crippen molar-refractivity contribution in [2.75, 3.05) is 18.4 Å². The molecule has 0 spiro atoms. The average Bonchev–Trinajstić information content (AvgIpc) is 2.61. The minimum absolute atomic E-state index is 0.0281. The summed E-state index contributed by atoms with van der Waals surface area (Å²) in [6.45, 7) is 2.30. The maximum Gasteiger partial charge on any atom is 0.256 e. The van der Waals surface area contributed by atoms with Crippen molar-refractivity contribution in [2.24, 2.45) is 0 Å². The van der Waals surface area contributed by atoms with Crippen LogP contribution in [0.1, 0.15) is 35.2 Å². The number of nitrogens with one attached hydrogen (secondary N) is 1. The lowest BCUT2D eigenvalue weighted by atomic mass is 10.1. The molecule has 2 aromatic heterocycles. The minimum Gasteiger partial charge on any atom is -0.350 e. The van der Waals surface area contributed by atoms with Crippen molar-refractivity contribution >= 4 is 11.9 Å². The number of pyridine rings is 1. The van der Waals surface area contributed by atoms with Crippen LogP contribution in [0, 0.1) is 0 Å². The van der Waals surface area contributed by atoms with Gasteiger partial charge in [0.15, 0.2) is 0 Å². The second-order valence-corrected chi connectivity index (χ2v) is 5.36. The lowest BCUT2D eigenvalue weighted by molar-refractivity contribution is 0.0723. The van der Waals surface area contributed by atoms with Gasteiger partial charge in [-0.05, 0) is 37.0 Å². The van der Waals surface area contributed by atoms with E-state index in [0.717, 1.165) is 31.5 Å². The first-order chi connectivity index (χ1) is 10.8. The molecular weight excluding hydrogens is 278 g/mol. The highest BCUT2D eigenvalue weighted by Crippen LogP contribution is 2.13. The maximum absolute atomic E-state index is 12.3. The van der Waals surface area contributed by atoms with Crippen LogP contribution in [0.15, 0.2) is 36.9 Å². The zero-order chi connectivity index (χ0) is 15.2. The summed E-state index contributed by atoms with van der Waals surface area (Å²) in [5.41, 5.74) is 1.66. The van der Waals surface area contributed by atoms with Crippen LogP contribution in [0.5, 0.6) is 0 Å². The molecule has 2 aromatic rings. The fourth-order valence-electron chi connectivity index (χ4n) is 2.49. The van der Waals surface area contributed by atoms with Crippen molar-refractivity contribution in [1.82, 2.24) is 19.9 Å². The van der Waals surface area contributed by atoms with Crippen LogP contribution in [0.4, 0.5) is 5.95 Å². The molecule has 0 aliphatic carbocycles. The largest absolute Gasteiger partial charge is 0.350 e. The van der Waals surface area contributed by atoms with Crippen LogP contribution in [0.25, 0.3) is 0 Å². The molecule has 3 rings (SSSR count). The number of rotatable bonds is 4. The zero-order valence-corrected chi connectivity index (χ0v) is 12.4. The van der Waals surface area contributed by atoms with E-state index in [-0.39, 0.29) is 5.91 Å². The van der Waals surface area contributed by atoms with E-state index < -0.39 is 0 Å². The van der Waals surface area contributed by atoms with E-state index in [4.69, 9.17) is 0 Å². The molecular formula is C16H19N5O. The third kappa shape index (κ3) is 3.58. The summed E-state index contributed by atoms with van der Waals surface area (Å²) in [7, 11) is 0. The van der Waals surface area contributed by atoms with Gasteiger partial charge in [0.1, 0.15) is 0 Å². The molecule has 1 fully saturated rings. The average molecular weight is 297 g/mol. The number of likely N-dealkylation sites (tertiary alicyclic amines) is 1. The van der Waals surface area contributed by atoms with Crippen LogP contribution in [0.3, 0.4) is 0 Å². The number of hydrogen-bond acceptors (Lipinski definition) is 5. The van der Waals surface area contributed by atoms with Crippen molar-refractivity contribution in [3.8, 4) is 0 Å². The molecule has 0 radical (unpaired) electrons. The Bertz CT molecular complexity index is 608. The SMILES string of the molecule is O=C(c1cnc(NCc2ccncc2)nc1)N1CCCCC1. The van der Waals surface area contributed by atoms with Crippen LogP contribution in [-0.4, -0.2) is 38.8 Å². The number of carbonyl (C=O) groups is 1. The zero-order valence-electron chi connectivity index (χ0n) is 12.4. The molecule has 0 saturated carbocycles. The first-order valence-electron chi connectivity index (χ1n) is 7.57. The number of piperidine rings is 1. The second kappa shape index (κ2) is 6.98. The summed E-state index contributed by atoms with van der Waals surface area (Å²) in [5, 5.41) is 3.13. The number of hydrogen-bond donors (Lipinski definition) is 1. The Balaban J connectivity index is 1.59. The Hall–Kier alpha value is -2.50. The maximum atomic E-state index is 12.3. The Kier molecular flexibility index (Phi) is 4.58. The van der Waals surface area contributed by atoms with Crippen molar-refractivity contribution in [2.45, 2.75) is 25.8 Å². The predicted molar refractivity (Wildman–Crippen MR) is 83.4 cm³/mol. The van der Waals surface area contributed by atoms with Crippen LogP contribution in [0.2, 0.25) is 0 Å². The summed E-state index contributed by atoms with van der Waals surface area (Å²) in [6, 6.07) is 3.86. The minimum atomic E-state index is 0.0281. The molecule has 1 amide bonds. The molecule has 0 bridgehead atoms. The van der Waals surface area contributed by atoms with Gasteiger partial charge < -0.3 is 10.2 Å². The summed E-state index contributed by atoms with van der Waals surface area (Å²) in [4.78, 5) is 26.6. The number of aromatic nitrogens is 3. The third-order valence-electron chi connectivity index (χ3n) is 3.74. The molecule has 114 valence electrons. The van der Waals surface area contributed by atoms with E-state index in [1.807, 2.05) is 17.0 Å². The van der Waals surface area contributed by atoms with E-state index in [0.29, 0.717) is 18.1 Å². The van der Waals surface area contributed by atoms with Crippen molar-refractivity contribution in [3.05, 3.63) is 48.0 Å². The molecule has 0 unspecified atom stereocenters. The molecule has 1 N–H and O–H groups in total. The highest BCUT2D eigenvalue weighted by atomic mass is 16.2. The lowest BCUT2D eigenvalue weighted by Gasteiger charge is -2.26. The first-order valence-corrected chi connectivity index (χ1v) is 7.57. The fraction of sp³-hybridized carbons (Fsp3) is 0.375. The van der Waals surface area contributed by atoms with E-state index in [1.54, 1.807) is 24.8 Å². The van der Waals surface area contributed by atoms with Gasteiger partial charge in [0.25, 0.3) is 5.91 Å². The monoisotopic (exact) mass is 297 g/mol. The molecule has 22 heavy (non-hydrogen) atoms. The van der Waals surface area contributed by atoms with Crippen LogP contribution in [-0.2, 0) is 6.54 Å². The predicted octanol–water partition coefficient (Wildman–Crippen LogP) is 2.11. The van der Waals surface area contributed by atoms with E-state index in [9.17, 15) is 4.79 Å². The Morgan fingerprint density at radius 1 is 1.09 bits per heavy atom. The number of amides is 1. The van der Waals surface area contributed by atoms with E-state index in [1.165, 1.54) is 6.42 Å². The van der Waals surface area contributed by atoms with Gasteiger partial charge in [-0.25, -0.2) is 9.97 Å². The van der Waals surface area contributed by atoms with E-state index in [2.05, 4.69) is 20.3 Å². The topological polar surface area (TPSA) is 71.0 Å². The van der Waals surface area contributed by atoms with Gasteiger partial charge in [-0.15, -0.1) is 0 Å². The summed E-state index contributed by atoms with van der Waals surface area (Å²) >= 11 is 0. The van der Waals surface area contributed by atoms with Crippen LogP contribution < -0.4 is 5.32 Å². The summed E-state index contributed by atoms with van der Waals surface area (Å²) in [6.07, 6.45) is 10.1. The van der Waals surface area contributed by atoms with E-state index >= 15 is 0 Å². The molecule has 1 aliphatic rings. The van der Waals surface area contributed by atoms with Gasteiger partial charge in [0.05, 0.1) is 5.56 Å². The van der Waals surface area contributed by atoms with Gasteiger partial charge in [0.2, 0.25) is 5.95 Å². The molecule has 1 saturated heterocycles. The summed E-state index contributed by atoms with van der Waals surface area (Å²) in [5.74, 6) is 0.549. The number of carbonyl (C=O) groups excluding carboxylic acids is 1. The molecule has 0 atom stereocenters. The Labute approximate surface area is 129 Å². The molecule has 0 aromatic carbocycles. The fourth-order valence-corrected chi connectivity index (χ4v) is 2.49. The van der Waals surface area contributed by atoms with Gasteiger partial charge in [-0.1, -0.05) is 0 Å². The summed E-state index contributed by atoms with van der Waals surface area (Å²) < 4.78 is 0. The number of nitrogens with zero attached hydrogens (tertiary/aromatic N) is 4. The number of anilines is 1. The normalized spacial score (nSPS) is 14.6. The lowest BCUT2D eigenvalue weighted by Crippen LogP contribution is -2.35. The van der Waals surface area contributed by atoms with Crippen molar-refractivity contribution in [3.63, 3.8) is 0 Å². The second-order valence-electron chi connectivity index (χ2n) is 5.36. The van der Waals surface area contributed by atoms with Crippen molar-refractivity contribution in [1.29, 1.82) is 0 Å². The molecule has 1 aliphatic heterocycles. The Morgan fingerprint density at radius 2 is 1.77 bits per heavy atom. The van der Waals surface area contributed by atoms with Gasteiger partial charge >= 0.3 is 0 Å². The van der Waals surface area contributed by atoms with Gasteiger partial charge in [0, 0.05) is 44.4 Å². The first kappa shape index (κ1) is 14.4. The van der Waals surface area contributed by atoms with Crippen molar-refractivity contribution < 1.29 is 4.79 Å². The molecule has 6 nitrogen and oxygen atoms in total. The highest BCUT2D eigenvalue weighted by molar-refractivity contribution is 5.93. The molecule has 6 heteroatoms. The Morgan fingerprint density at radius 3 is 2.45 bits per heavy atom. The standard InChI is InChI=1S/C16H19N5O/c22-15(21-8-2-1-3-9-21)14-11-19-16(20-12-14)18-10-13-4-6-17-7-5-13/h4-7,11-12H,1-3,8-10H2,(H,18,19,20). The quantitative estimate of drug-likeness (QED) is 0.936. The highest BCUT2D eigenvalue weighted by Gasteiger charge is 2.18. The van der Waals surface area contributed by atoms with Gasteiger partial charge in [-0.3, -0.25) is 9.78 Å². The smallest absolute Gasteiger partial charge is 0.256 e. The van der Waals surface area contributed by atoms with Crippen LogP contribution >= 0.6 is 0 Å².